The van der Waals surface area contributed by atoms with Crippen molar-refractivity contribution in [1.29, 1.82) is 0 Å². The van der Waals surface area contributed by atoms with Crippen molar-refractivity contribution < 1.29 is 14.6 Å². The second-order valence-electron chi connectivity index (χ2n) is 7.50. The predicted octanol–water partition coefficient (Wildman–Crippen LogP) is 5.37. The maximum atomic E-state index is 13.2. The van der Waals surface area contributed by atoms with Gasteiger partial charge in [-0.2, -0.15) is 0 Å². The third kappa shape index (κ3) is 6.83. The van der Waals surface area contributed by atoms with E-state index >= 15 is 0 Å². The topological polar surface area (TPSA) is 49.8 Å². The van der Waals surface area contributed by atoms with E-state index in [9.17, 15) is 9.90 Å². The Hall–Kier alpha value is -3.37. The van der Waals surface area contributed by atoms with Crippen LogP contribution in [0.4, 0.5) is 4.79 Å². The van der Waals surface area contributed by atoms with Crippen LogP contribution < -0.4 is 0 Å². The highest BCUT2D eigenvalue weighted by molar-refractivity contribution is 5.68. The maximum Gasteiger partial charge on any atom is 0.410 e. The lowest BCUT2D eigenvalue weighted by Crippen LogP contribution is -2.48. The molecular formula is C27H29NO3. The molecule has 160 valence electrons. The summed E-state index contributed by atoms with van der Waals surface area (Å²) in [7, 11) is 0. The lowest BCUT2D eigenvalue weighted by atomic mass is 9.97. The molecule has 3 aromatic rings. The summed E-state index contributed by atoms with van der Waals surface area (Å²) in [6, 6.07) is 28.8. The molecule has 0 unspecified atom stereocenters. The van der Waals surface area contributed by atoms with E-state index in [4.69, 9.17) is 4.74 Å². The van der Waals surface area contributed by atoms with E-state index in [0.29, 0.717) is 19.4 Å². The van der Waals surface area contributed by atoms with Crippen LogP contribution in [-0.2, 0) is 24.3 Å². The normalized spacial score (nSPS) is 12.5. The lowest BCUT2D eigenvalue weighted by molar-refractivity contribution is 0.0280. The number of hydrogen-bond donors (Lipinski definition) is 1. The molecule has 0 aliphatic rings. The Balaban J connectivity index is 1.85. The van der Waals surface area contributed by atoms with Crippen LogP contribution in [0.5, 0.6) is 0 Å². The van der Waals surface area contributed by atoms with Gasteiger partial charge in [0.2, 0.25) is 0 Å². The summed E-state index contributed by atoms with van der Waals surface area (Å²) in [5, 5.41) is 10.9. The fraction of sp³-hybridized carbons (Fsp3) is 0.222. The maximum absolute atomic E-state index is 13.2. The minimum Gasteiger partial charge on any atom is -0.445 e. The highest BCUT2D eigenvalue weighted by Gasteiger charge is 2.31. The number of ether oxygens (including phenoxy) is 1. The summed E-state index contributed by atoms with van der Waals surface area (Å²) >= 11 is 0. The fourth-order valence-electron chi connectivity index (χ4n) is 3.54. The fourth-order valence-corrected chi connectivity index (χ4v) is 3.54. The Morgan fingerprint density at radius 3 is 1.94 bits per heavy atom. The second kappa shape index (κ2) is 11.7. The van der Waals surface area contributed by atoms with E-state index in [1.807, 2.05) is 91.0 Å². The number of hydrogen-bond acceptors (Lipinski definition) is 3. The number of nitrogens with zero attached hydrogens (tertiary/aromatic N) is 1. The van der Waals surface area contributed by atoms with E-state index < -0.39 is 18.2 Å². The van der Waals surface area contributed by atoms with Crippen LogP contribution in [0.2, 0.25) is 0 Å². The molecule has 4 heteroatoms. The van der Waals surface area contributed by atoms with Gasteiger partial charge in [-0.3, -0.25) is 4.90 Å². The van der Waals surface area contributed by atoms with Crippen molar-refractivity contribution in [3.63, 3.8) is 0 Å². The van der Waals surface area contributed by atoms with E-state index in [1.165, 1.54) is 0 Å². The molecule has 2 atom stereocenters. The van der Waals surface area contributed by atoms with Crippen LogP contribution in [0.3, 0.4) is 0 Å². The number of carbonyl (C=O) groups is 1. The average molecular weight is 416 g/mol. The predicted molar refractivity (Wildman–Crippen MR) is 123 cm³/mol. The van der Waals surface area contributed by atoms with Crippen molar-refractivity contribution in [2.24, 2.45) is 0 Å². The molecule has 0 aromatic heterocycles. The highest BCUT2D eigenvalue weighted by Crippen LogP contribution is 2.20. The molecule has 0 spiro atoms. The van der Waals surface area contributed by atoms with Crippen molar-refractivity contribution in [2.45, 2.75) is 38.1 Å². The molecule has 0 saturated heterocycles. The van der Waals surface area contributed by atoms with Crippen LogP contribution in [0, 0.1) is 0 Å². The molecule has 1 N–H and O–H groups in total. The quantitative estimate of drug-likeness (QED) is 0.453. The average Bonchev–Trinajstić information content (AvgIpc) is 2.82. The van der Waals surface area contributed by atoms with Crippen LogP contribution in [0.25, 0.3) is 0 Å². The van der Waals surface area contributed by atoms with Crippen LogP contribution in [0.15, 0.2) is 104 Å². The molecule has 3 rings (SSSR count). The standard InChI is InChI=1S/C27H29NO3/c1-2-12-26(29)25(19-22-13-6-3-7-14-22)28(20-23-15-8-4-9-16-23)27(30)31-21-24-17-10-5-11-18-24/h2-11,13-18,25-26,29H,1,12,19-21H2/t25-,26+/m0/s1. The summed E-state index contributed by atoms with van der Waals surface area (Å²) in [5.74, 6) is 0. The summed E-state index contributed by atoms with van der Waals surface area (Å²) in [4.78, 5) is 14.9. The molecule has 0 aliphatic heterocycles. The number of benzene rings is 3. The smallest absolute Gasteiger partial charge is 0.410 e. The van der Waals surface area contributed by atoms with Crippen LogP contribution >= 0.6 is 0 Å². The van der Waals surface area contributed by atoms with E-state index in [1.54, 1.807) is 11.0 Å². The van der Waals surface area contributed by atoms with E-state index in [2.05, 4.69) is 6.58 Å². The van der Waals surface area contributed by atoms with Crippen molar-refractivity contribution >= 4 is 6.09 Å². The van der Waals surface area contributed by atoms with Crippen molar-refractivity contribution in [3.8, 4) is 0 Å². The Morgan fingerprint density at radius 2 is 1.39 bits per heavy atom. The van der Waals surface area contributed by atoms with Gasteiger partial charge in [-0.1, -0.05) is 97.1 Å². The molecule has 0 fully saturated rings. The van der Waals surface area contributed by atoms with E-state index in [-0.39, 0.29) is 6.61 Å². The molecule has 4 nitrogen and oxygen atoms in total. The summed E-state index contributed by atoms with van der Waals surface area (Å²) in [6.07, 6.45) is 1.37. The Bertz CT molecular complexity index is 928. The van der Waals surface area contributed by atoms with Gasteiger partial charge in [0.25, 0.3) is 0 Å². The largest absolute Gasteiger partial charge is 0.445 e. The molecule has 0 radical (unpaired) electrons. The van der Waals surface area contributed by atoms with Gasteiger partial charge in [-0.05, 0) is 29.5 Å². The van der Waals surface area contributed by atoms with Gasteiger partial charge in [0.15, 0.2) is 0 Å². The first-order chi connectivity index (χ1) is 15.2. The van der Waals surface area contributed by atoms with Gasteiger partial charge in [-0.25, -0.2) is 4.79 Å². The van der Waals surface area contributed by atoms with Gasteiger partial charge >= 0.3 is 6.09 Å². The van der Waals surface area contributed by atoms with Crippen molar-refractivity contribution in [1.82, 2.24) is 4.90 Å². The van der Waals surface area contributed by atoms with Crippen LogP contribution in [-0.4, -0.2) is 28.2 Å². The molecule has 0 bridgehead atoms. The number of rotatable bonds is 10. The number of aliphatic hydroxyl groups excluding tert-OH is 1. The van der Waals surface area contributed by atoms with E-state index in [0.717, 1.165) is 16.7 Å². The zero-order valence-electron chi connectivity index (χ0n) is 17.6. The highest BCUT2D eigenvalue weighted by atomic mass is 16.6. The van der Waals surface area contributed by atoms with Gasteiger partial charge in [0.05, 0.1) is 12.1 Å². The third-order valence-corrected chi connectivity index (χ3v) is 5.18. The van der Waals surface area contributed by atoms with Gasteiger partial charge in [0, 0.05) is 6.54 Å². The van der Waals surface area contributed by atoms with Crippen LogP contribution in [0.1, 0.15) is 23.1 Å². The molecular weight excluding hydrogens is 386 g/mol. The SMILES string of the molecule is C=CC[C@@H](O)[C@H](Cc1ccccc1)N(Cc1ccccc1)C(=O)OCc1ccccc1. The first-order valence-electron chi connectivity index (χ1n) is 10.5. The first-order valence-corrected chi connectivity index (χ1v) is 10.5. The number of amides is 1. The summed E-state index contributed by atoms with van der Waals surface area (Å²) < 4.78 is 5.66. The second-order valence-corrected chi connectivity index (χ2v) is 7.50. The molecule has 0 heterocycles. The third-order valence-electron chi connectivity index (χ3n) is 5.18. The van der Waals surface area contributed by atoms with Gasteiger partial charge in [0.1, 0.15) is 6.61 Å². The molecule has 0 saturated carbocycles. The molecule has 3 aromatic carbocycles. The Labute approximate surface area is 184 Å². The number of aliphatic hydroxyl groups is 1. The van der Waals surface area contributed by atoms with Crippen molar-refractivity contribution in [3.05, 3.63) is 120 Å². The van der Waals surface area contributed by atoms with Gasteiger partial charge < -0.3 is 9.84 Å². The van der Waals surface area contributed by atoms with Crippen molar-refractivity contribution in [2.75, 3.05) is 0 Å². The first kappa shape index (κ1) is 22.3. The zero-order valence-corrected chi connectivity index (χ0v) is 17.6. The molecule has 1 amide bonds. The minimum atomic E-state index is -0.759. The monoisotopic (exact) mass is 415 g/mol. The zero-order chi connectivity index (χ0) is 21.9. The minimum absolute atomic E-state index is 0.181. The molecule has 0 aliphatic carbocycles. The Kier molecular flexibility index (Phi) is 8.44. The summed E-state index contributed by atoms with van der Waals surface area (Å²) in [5.41, 5.74) is 2.94. The number of carbonyl (C=O) groups excluding carboxylic acids is 1. The Morgan fingerprint density at radius 1 is 0.871 bits per heavy atom. The van der Waals surface area contributed by atoms with Gasteiger partial charge in [-0.15, -0.1) is 6.58 Å². The lowest BCUT2D eigenvalue weighted by Gasteiger charge is -2.34. The summed E-state index contributed by atoms with van der Waals surface area (Å²) in [6.45, 7) is 4.29. The molecule has 31 heavy (non-hydrogen) atoms.